The largest absolute Gasteiger partial charge is 0.465 e. The lowest BCUT2D eigenvalue weighted by molar-refractivity contribution is -0.111. The molecular formula is C19H18N2O5. The summed E-state index contributed by atoms with van der Waals surface area (Å²) in [6.07, 6.45) is 4.58. The smallest absolute Gasteiger partial charge is 0.337 e. The molecule has 0 bridgehead atoms. The molecule has 1 aromatic carbocycles. The predicted molar refractivity (Wildman–Crippen MR) is 95.8 cm³/mol. The van der Waals surface area contributed by atoms with Crippen molar-refractivity contribution in [1.29, 1.82) is 0 Å². The Hall–Kier alpha value is -3.48. The molecule has 0 saturated heterocycles. The topological polar surface area (TPSA) is 94.6 Å². The van der Waals surface area contributed by atoms with Crippen LogP contribution in [-0.4, -0.2) is 37.0 Å². The van der Waals surface area contributed by atoms with E-state index in [1.165, 1.54) is 38.5 Å². The SMILES string of the molecule is COC(=O)c1cc(NC(=O)C=Cc2ccc(C)nc2)cc(C(=O)OC)c1. The molecule has 0 spiro atoms. The molecule has 0 aliphatic carbocycles. The van der Waals surface area contributed by atoms with E-state index in [9.17, 15) is 14.4 Å². The Morgan fingerprint density at radius 2 is 1.62 bits per heavy atom. The van der Waals surface area contributed by atoms with Crippen LogP contribution in [0.1, 0.15) is 32.0 Å². The van der Waals surface area contributed by atoms with E-state index in [1.807, 2.05) is 19.1 Å². The molecule has 1 N–H and O–H groups in total. The van der Waals surface area contributed by atoms with Gasteiger partial charge in [-0.2, -0.15) is 0 Å². The van der Waals surface area contributed by atoms with Gasteiger partial charge >= 0.3 is 11.9 Å². The van der Waals surface area contributed by atoms with Gasteiger partial charge in [0.25, 0.3) is 0 Å². The van der Waals surface area contributed by atoms with Crippen molar-refractivity contribution in [2.45, 2.75) is 6.92 Å². The number of pyridine rings is 1. The molecule has 1 aromatic heterocycles. The number of rotatable bonds is 5. The van der Waals surface area contributed by atoms with Gasteiger partial charge in [-0.25, -0.2) is 9.59 Å². The number of anilines is 1. The number of benzene rings is 1. The van der Waals surface area contributed by atoms with Crippen LogP contribution in [0.15, 0.2) is 42.6 Å². The third-order valence-corrected chi connectivity index (χ3v) is 3.40. The highest BCUT2D eigenvalue weighted by Gasteiger charge is 2.14. The molecule has 0 radical (unpaired) electrons. The summed E-state index contributed by atoms with van der Waals surface area (Å²) < 4.78 is 9.31. The van der Waals surface area contributed by atoms with Gasteiger partial charge in [0, 0.05) is 23.7 Å². The minimum atomic E-state index is -0.632. The zero-order valence-corrected chi connectivity index (χ0v) is 14.6. The molecule has 2 rings (SSSR count). The number of methoxy groups -OCH3 is 2. The second-order valence-electron chi connectivity index (χ2n) is 5.34. The molecule has 0 fully saturated rings. The van der Waals surface area contributed by atoms with Gasteiger partial charge in [-0.15, -0.1) is 0 Å². The van der Waals surface area contributed by atoms with Gasteiger partial charge in [-0.05, 0) is 42.8 Å². The zero-order valence-electron chi connectivity index (χ0n) is 14.6. The maximum Gasteiger partial charge on any atom is 0.337 e. The number of nitrogens with zero attached hydrogens (tertiary/aromatic N) is 1. The summed E-state index contributed by atoms with van der Waals surface area (Å²) in [7, 11) is 2.45. The lowest BCUT2D eigenvalue weighted by Gasteiger charge is -2.08. The van der Waals surface area contributed by atoms with Gasteiger partial charge in [0.15, 0.2) is 0 Å². The number of amides is 1. The summed E-state index contributed by atoms with van der Waals surface area (Å²) in [5.74, 6) is -1.69. The van der Waals surface area contributed by atoms with Crippen LogP contribution in [0, 0.1) is 6.92 Å². The second-order valence-corrected chi connectivity index (χ2v) is 5.34. The fourth-order valence-corrected chi connectivity index (χ4v) is 2.10. The van der Waals surface area contributed by atoms with E-state index in [1.54, 1.807) is 12.3 Å². The van der Waals surface area contributed by atoms with Gasteiger partial charge in [-0.3, -0.25) is 9.78 Å². The van der Waals surface area contributed by atoms with Crippen LogP contribution in [0.5, 0.6) is 0 Å². The minimum absolute atomic E-state index is 0.123. The van der Waals surface area contributed by atoms with Crippen molar-refractivity contribution >= 4 is 29.6 Å². The van der Waals surface area contributed by atoms with Crippen LogP contribution in [0.4, 0.5) is 5.69 Å². The normalized spacial score (nSPS) is 10.4. The standard InChI is InChI=1S/C19H18N2O5/c1-12-4-5-13(11-20-12)6-7-17(22)21-16-9-14(18(23)25-2)8-15(10-16)19(24)26-3/h4-11H,1-3H3,(H,21,22). The van der Waals surface area contributed by atoms with Crippen LogP contribution in [0.3, 0.4) is 0 Å². The first-order valence-electron chi connectivity index (χ1n) is 7.66. The first kappa shape index (κ1) is 18.9. The molecule has 134 valence electrons. The molecule has 1 heterocycles. The van der Waals surface area contributed by atoms with Crippen molar-refractivity contribution in [3.63, 3.8) is 0 Å². The molecule has 0 unspecified atom stereocenters. The first-order chi connectivity index (χ1) is 12.4. The molecule has 0 atom stereocenters. The average molecular weight is 354 g/mol. The number of carbonyl (C=O) groups is 3. The van der Waals surface area contributed by atoms with E-state index < -0.39 is 17.8 Å². The maximum absolute atomic E-state index is 12.1. The fourth-order valence-electron chi connectivity index (χ4n) is 2.10. The van der Waals surface area contributed by atoms with Crippen molar-refractivity contribution in [3.8, 4) is 0 Å². The number of aromatic nitrogens is 1. The molecule has 7 nitrogen and oxygen atoms in total. The van der Waals surface area contributed by atoms with Crippen molar-refractivity contribution in [2.24, 2.45) is 0 Å². The monoisotopic (exact) mass is 354 g/mol. The predicted octanol–water partition coefficient (Wildman–Crippen LogP) is 2.62. The van der Waals surface area contributed by atoms with Crippen molar-refractivity contribution < 1.29 is 23.9 Å². The molecule has 7 heteroatoms. The molecule has 2 aromatic rings. The van der Waals surface area contributed by atoms with E-state index in [0.29, 0.717) is 0 Å². The Kier molecular flexibility index (Phi) is 6.21. The minimum Gasteiger partial charge on any atom is -0.465 e. The Labute approximate surface area is 150 Å². The molecule has 0 saturated carbocycles. The highest BCUT2D eigenvalue weighted by molar-refractivity contribution is 6.04. The van der Waals surface area contributed by atoms with E-state index in [4.69, 9.17) is 0 Å². The van der Waals surface area contributed by atoms with Crippen LogP contribution in [0.25, 0.3) is 6.08 Å². The third kappa shape index (κ3) is 5.01. The molecular weight excluding hydrogens is 336 g/mol. The van der Waals surface area contributed by atoms with Crippen LogP contribution in [0.2, 0.25) is 0 Å². The van der Waals surface area contributed by atoms with Gasteiger partial charge < -0.3 is 14.8 Å². The summed E-state index contributed by atoms with van der Waals surface area (Å²) in [6.45, 7) is 1.87. The van der Waals surface area contributed by atoms with Crippen LogP contribution < -0.4 is 5.32 Å². The summed E-state index contributed by atoms with van der Waals surface area (Å²) in [6, 6.07) is 7.83. The number of esters is 2. The molecule has 1 amide bonds. The highest BCUT2D eigenvalue weighted by atomic mass is 16.5. The van der Waals surface area contributed by atoms with E-state index in [2.05, 4.69) is 19.8 Å². The van der Waals surface area contributed by atoms with Gasteiger partial charge in [-0.1, -0.05) is 6.07 Å². The van der Waals surface area contributed by atoms with E-state index in [0.717, 1.165) is 11.3 Å². The number of hydrogen-bond acceptors (Lipinski definition) is 6. The molecule has 0 aliphatic heterocycles. The summed E-state index contributed by atoms with van der Waals surface area (Å²) >= 11 is 0. The lowest BCUT2D eigenvalue weighted by atomic mass is 10.1. The molecule has 0 aliphatic rings. The van der Waals surface area contributed by atoms with Crippen LogP contribution in [-0.2, 0) is 14.3 Å². The Morgan fingerprint density at radius 1 is 1.00 bits per heavy atom. The molecule has 26 heavy (non-hydrogen) atoms. The third-order valence-electron chi connectivity index (χ3n) is 3.40. The first-order valence-corrected chi connectivity index (χ1v) is 7.66. The number of hydrogen-bond donors (Lipinski definition) is 1. The Bertz CT molecular complexity index is 822. The number of carbonyl (C=O) groups excluding carboxylic acids is 3. The summed E-state index contributed by atoms with van der Waals surface area (Å²) in [5, 5.41) is 2.60. The van der Waals surface area contributed by atoms with Gasteiger partial charge in [0.05, 0.1) is 25.3 Å². The van der Waals surface area contributed by atoms with E-state index in [-0.39, 0.29) is 16.8 Å². The summed E-state index contributed by atoms with van der Waals surface area (Å²) in [4.78, 5) is 39.7. The van der Waals surface area contributed by atoms with Crippen molar-refractivity contribution in [2.75, 3.05) is 19.5 Å². The van der Waals surface area contributed by atoms with E-state index >= 15 is 0 Å². The Morgan fingerprint density at radius 3 is 2.12 bits per heavy atom. The van der Waals surface area contributed by atoms with Gasteiger partial charge in [0.2, 0.25) is 5.91 Å². The lowest BCUT2D eigenvalue weighted by Crippen LogP contribution is -2.12. The second kappa shape index (κ2) is 8.57. The highest BCUT2D eigenvalue weighted by Crippen LogP contribution is 2.17. The Balaban J connectivity index is 2.21. The van der Waals surface area contributed by atoms with Crippen LogP contribution >= 0.6 is 0 Å². The van der Waals surface area contributed by atoms with Crippen molar-refractivity contribution in [1.82, 2.24) is 4.98 Å². The summed E-state index contributed by atoms with van der Waals surface area (Å²) in [5.41, 5.74) is 2.16. The maximum atomic E-state index is 12.1. The quantitative estimate of drug-likeness (QED) is 0.655. The zero-order chi connectivity index (χ0) is 19.1. The van der Waals surface area contributed by atoms with Crippen molar-refractivity contribution in [3.05, 3.63) is 65.0 Å². The average Bonchev–Trinajstić information content (AvgIpc) is 2.65. The van der Waals surface area contributed by atoms with Gasteiger partial charge in [0.1, 0.15) is 0 Å². The number of nitrogens with one attached hydrogen (secondary N) is 1. The fraction of sp³-hybridized carbons (Fsp3) is 0.158. The number of aryl methyl sites for hydroxylation is 1. The number of ether oxygens (including phenoxy) is 2.